The van der Waals surface area contributed by atoms with E-state index in [1.54, 1.807) is 6.92 Å². The van der Waals surface area contributed by atoms with Crippen LogP contribution in [0.3, 0.4) is 0 Å². The molecular formula is C24H25N5O. The van der Waals surface area contributed by atoms with Gasteiger partial charge in [0.2, 0.25) is 0 Å². The Balaban J connectivity index is 1.58. The molecule has 0 aliphatic rings. The van der Waals surface area contributed by atoms with Gasteiger partial charge in [-0.15, -0.1) is 0 Å². The average Bonchev–Trinajstić information content (AvgIpc) is 3.36. The molecule has 4 rings (SSSR count). The van der Waals surface area contributed by atoms with Crippen LogP contribution in [0.5, 0.6) is 0 Å². The number of amides is 1. The molecule has 0 saturated heterocycles. The molecule has 6 nitrogen and oxygen atoms in total. The Kier molecular flexibility index (Phi) is 5.48. The fourth-order valence-electron chi connectivity index (χ4n) is 3.52. The lowest BCUT2D eigenvalue weighted by atomic mass is 10.0. The maximum absolute atomic E-state index is 12.8. The third kappa shape index (κ3) is 4.17. The van der Waals surface area contributed by atoms with Crippen molar-refractivity contribution in [3.63, 3.8) is 0 Å². The maximum Gasteiger partial charge on any atom is 0.272 e. The number of aromatic amines is 2. The number of carbonyl (C=O) groups is 1. The van der Waals surface area contributed by atoms with Gasteiger partial charge in [0.15, 0.2) is 0 Å². The number of aromatic nitrogens is 2. The van der Waals surface area contributed by atoms with Gasteiger partial charge in [-0.3, -0.25) is 9.79 Å². The Morgan fingerprint density at radius 3 is 2.73 bits per heavy atom. The third-order valence-electron chi connectivity index (χ3n) is 5.01. The normalized spacial score (nSPS) is 11.9. The summed E-state index contributed by atoms with van der Waals surface area (Å²) >= 11 is 0. The fourth-order valence-corrected chi connectivity index (χ4v) is 3.52. The molecule has 0 aliphatic carbocycles. The monoisotopic (exact) mass is 399 g/mol. The fraction of sp³-hybridized carbons (Fsp3) is 0.208. The second-order valence-corrected chi connectivity index (χ2v) is 7.51. The molecule has 152 valence electrons. The molecule has 0 saturated carbocycles. The van der Waals surface area contributed by atoms with Gasteiger partial charge in [0.25, 0.3) is 5.91 Å². The Hall–Kier alpha value is -3.67. The van der Waals surface area contributed by atoms with E-state index in [-0.39, 0.29) is 5.91 Å². The van der Waals surface area contributed by atoms with E-state index in [0.717, 1.165) is 51.6 Å². The summed E-state index contributed by atoms with van der Waals surface area (Å²) in [4.78, 5) is 23.7. The highest BCUT2D eigenvalue weighted by atomic mass is 16.1. The number of aliphatic imine (C=N–C) groups is 1. The highest BCUT2D eigenvalue weighted by molar-refractivity contribution is 6.08. The van der Waals surface area contributed by atoms with Gasteiger partial charge in [-0.2, -0.15) is 0 Å². The van der Waals surface area contributed by atoms with Gasteiger partial charge in [-0.25, -0.2) is 0 Å². The number of H-pyrrole nitrogens is 2. The van der Waals surface area contributed by atoms with E-state index < -0.39 is 0 Å². The summed E-state index contributed by atoms with van der Waals surface area (Å²) in [7, 11) is 0. The molecule has 6 heteroatoms. The number of carbonyl (C=O) groups excluding carboxylic acids is 1. The summed E-state index contributed by atoms with van der Waals surface area (Å²) in [5.41, 5.74) is 5.72. The van der Waals surface area contributed by atoms with E-state index in [0.29, 0.717) is 18.0 Å². The number of rotatable bonds is 7. The quantitative estimate of drug-likeness (QED) is 0.302. The molecule has 4 N–H and O–H groups in total. The summed E-state index contributed by atoms with van der Waals surface area (Å²) in [6, 6.07) is 15.7. The number of benzene rings is 2. The lowest BCUT2D eigenvalue weighted by molar-refractivity contribution is 0.102. The van der Waals surface area contributed by atoms with Gasteiger partial charge < -0.3 is 20.7 Å². The number of nitrogens with one attached hydrogen (secondary N) is 4. The number of nitrogens with zero attached hydrogens (tertiary/aromatic N) is 1. The third-order valence-corrected chi connectivity index (χ3v) is 5.01. The van der Waals surface area contributed by atoms with Crippen LogP contribution in [0.4, 0.5) is 5.69 Å². The van der Waals surface area contributed by atoms with E-state index in [9.17, 15) is 4.79 Å². The molecule has 2 heterocycles. The molecule has 0 atom stereocenters. The molecule has 0 unspecified atom stereocenters. The van der Waals surface area contributed by atoms with Crippen LogP contribution in [0.25, 0.3) is 21.8 Å². The van der Waals surface area contributed by atoms with E-state index in [4.69, 9.17) is 5.41 Å². The van der Waals surface area contributed by atoms with Crippen LogP contribution < -0.4 is 5.32 Å². The predicted octanol–water partition coefficient (Wildman–Crippen LogP) is 5.53. The molecule has 0 aliphatic heterocycles. The Morgan fingerprint density at radius 2 is 1.93 bits per heavy atom. The van der Waals surface area contributed by atoms with E-state index in [2.05, 4.69) is 33.3 Å². The van der Waals surface area contributed by atoms with Gasteiger partial charge >= 0.3 is 0 Å². The number of hydrogen-bond acceptors (Lipinski definition) is 3. The van der Waals surface area contributed by atoms with Crippen molar-refractivity contribution >= 4 is 44.8 Å². The summed E-state index contributed by atoms with van der Waals surface area (Å²) in [6.45, 7) is 4.30. The predicted molar refractivity (Wildman–Crippen MR) is 124 cm³/mol. The van der Waals surface area contributed by atoms with Crippen molar-refractivity contribution in [2.24, 2.45) is 4.99 Å². The van der Waals surface area contributed by atoms with Crippen LogP contribution in [-0.4, -0.2) is 33.8 Å². The Labute approximate surface area is 174 Å². The molecule has 30 heavy (non-hydrogen) atoms. The van der Waals surface area contributed by atoms with Crippen molar-refractivity contribution in [3.05, 3.63) is 66.0 Å². The standard InChI is InChI=1S/C24H25N5O/c1-3-4-20(27-14-15(2)25)17-6-8-21-18(11-17)12-23(29-21)24(30)28-19-7-5-16-9-10-26-22(16)13-19/h5-13,25-26,29H,3-4,14H2,1-2H3,(H,28,30). The molecule has 0 radical (unpaired) electrons. The summed E-state index contributed by atoms with van der Waals surface area (Å²) in [5.74, 6) is -0.180. The maximum atomic E-state index is 12.8. The van der Waals surface area contributed by atoms with Crippen LogP contribution in [0.1, 0.15) is 42.7 Å². The van der Waals surface area contributed by atoms with Gasteiger partial charge in [-0.1, -0.05) is 25.5 Å². The number of hydrogen-bond donors (Lipinski definition) is 4. The number of anilines is 1. The van der Waals surface area contributed by atoms with Crippen LogP contribution in [0, 0.1) is 5.41 Å². The molecule has 2 aromatic heterocycles. The molecular weight excluding hydrogens is 374 g/mol. The van der Waals surface area contributed by atoms with Crippen LogP contribution in [-0.2, 0) is 0 Å². The minimum Gasteiger partial charge on any atom is -0.361 e. The molecule has 0 fully saturated rings. The van der Waals surface area contributed by atoms with Crippen LogP contribution >= 0.6 is 0 Å². The highest BCUT2D eigenvalue weighted by Gasteiger charge is 2.12. The first kappa shape index (κ1) is 19.6. The van der Waals surface area contributed by atoms with E-state index in [1.807, 2.05) is 48.7 Å². The van der Waals surface area contributed by atoms with Crippen molar-refractivity contribution in [2.45, 2.75) is 26.7 Å². The first-order valence-electron chi connectivity index (χ1n) is 10.1. The number of fused-ring (bicyclic) bond motifs is 2. The van der Waals surface area contributed by atoms with Gasteiger partial charge in [0.1, 0.15) is 5.69 Å². The Bertz CT molecular complexity index is 1260. The smallest absolute Gasteiger partial charge is 0.272 e. The van der Waals surface area contributed by atoms with Crippen LogP contribution in [0.15, 0.2) is 59.7 Å². The van der Waals surface area contributed by atoms with Gasteiger partial charge in [0.05, 0.1) is 6.54 Å². The summed E-state index contributed by atoms with van der Waals surface area (Å²) in [6.07, 6.45) is 3.72. The average molecular weight is 399 g/mol. The minimum atomic E-state index is -0.180. The Morgan fingerprint density at radius 1 is 1.07 bits per heavy atom. The molecule has 1 amide bonds. The first-order chi connectivity index (χ1) is 14.5. The topological polar surface area (TPSA) is 96.9 Å². The minimum absolute atomic E-state index is 0.180. The first-order valence-corrected chi connectivity index (χ1v) is 10.1. The second kappa shape index (κ2) is 8.37. The summed E-state index contributed by atoms with van der Waals surface area (Å²) < 4.78 is 0. The van der Waals surface area contributed by atoms with Crippen molar-refractivity contribution < 1.29 is 4.79 Å². The lowest BCUT2D eigenvalue weighted by Gasteiger charge is -2.06. The van der Waals surface area contributed by atoms with E-state index in [1.165, 1.54) is 0 Å². The summed E-state index contributed by atoms with van der Waals surface area (Å²) in [5, 5.41) is 12.7. The van der Waals surface area contributed by atoms with Crippen molar-refractivity contribution in [2.75, 3.05) is 11.9 Å². The zero-order valence-electron chi connectivity index (χ0n) is 17.2. The van der Waals surface area contributed by atoms with E-state index >= 15 is 0 Å². The zero-order valence-corrected chi connectivity index (χ0v) is 17.2. The molecule has 0 bridgehead atoms. The SMILES string of the molecule is CCCC(=NCC(C)=N)c1ccc2[nH]c(C(=O)Nc3ccc4cc[nH]c4c3)cc2c1. The molecule has 0 spiro atoms. The zero-order chi connectivity index (χ0) is 21.1. The van der Waals surface area contributed by atoms with Crippen LogP contribution in [0.2, 0.25) is 0 Å². The second-order valence-electron chi connectivity index (χ2n) is 7.51. The van der Waals surface area contributed by atoms with Gasteiger partial charge in [0, 0.05) is 39.7 Å². The lowest BCUT2D eigenvalue weighted by Crippen LogP contribution is -2.12. The molecule has 4 aromatic rings. The highest BCUT2D eigenvalue weighted by Crippen LogP contribution is 2.21. The molecule has 2 aromatic carbocycles. The van der Waals surface area contributed by atoms with Gasteiger partial charge in [-0.05, 0) is 60.7 Å². The van der Waals surface area contributed by atoms with Crippen molar-refractivity contribution in [3.8, 4) is 0 Å². The van der Waals surface area contributed by atoms with Crippen molar-refractivity contribution in [1.29, 1.82) is 5.41 Å². The largest absolute Gasteiger partial charge is 0.361 e. The van der Waals surface area contributed by atoms with Crippen molar-refractivity contribution in [1.82, 2.24) is 9.97 Å².